The molecule has 0 aliphatic rings. The number of nitrogens with one attached hydrogen (secondary N) is 3. The summed E-state index contributed by atoms with van der Waals surface area (Å²) < 4.78 is 5.21. The third-order valence-electron chi connectivity index (χ3n) is 3.93. The molecule has 29 heavy (non-hydrogen) atoms. The van der Waals surface area contributed by atoms with Crippen LogP contribution >= 0.6 is 11.6 Å². The molecule has 0 spiro atoms. The second kappa shape index (κ2) is 9.56. The number of ether oxygens (including phenoxy) is 1. The maximum absolute atomic E-state index is 12.8. The molecule has 0 saturated heterocycles. The maximum Gasteiger partial charge on any atom is 0.408 e. The minimum Gasteiger partial charge on any atom is -0.444 e. The highest BCUT2D eigenvalue weighted by atomic mass is 35.5. The van der Waals surface area contributed by atoms with Crippen molar-refractivity contribution in [1.82, 2.24) is 15.5 Å². The first-order chi connectivity index (χ1) is 13.6. The Morgan fingerprint density at radius 2 is 1.97 bits per heavy atom. The zero-order valence-corrected chi connectivity index (χ0v) is 17.6. The highest BCUT2D eigenvalue weighted by molar-refractivity contribution is 6.34. The average Bonchev–Trinajstić information content (AvgIpc) is 3.10. The Hall–Kier alpha value is -2.87. The largest absolute Gasteiger partial charge is 0.444 e. The van der Waals surface area contributed by atoms with E-state index in [1.165, 1.54) is 6.20 Å². The number of aromatic amines is 1. The quantitative estimate of drug-likeness (QED) is 0.631. The number of amides is 2. The highest BCUT2D eigenvalue weighted by Gasteiger charge is 2.25. The SMILES string of the molecule is CC[C@H](NC(=O)OC(C)(C)C)C(=O)Cc1cccc(Cl)c1C(=O)Nc1ccn[nH]1. The lowest BCUT2D eigenvalue weighted by atomic mass is 9.97. The molecule has 1 atom stereocenters. The van der Waals surface area contributed by atoms with Gasteiger partial charge in [0.25, 0.3) is 5.91 Å². The smallest absolute Gasteiger partial charge is 0.408 e. The fraction of sp³-hybridized carbons (Fsp3) is 0.400. The third-order valence-corrected chi connectivity index (χ3v) is 4.24. The number of hydrogen-bond acceptors (Lipinski definition) is 5. The predicted octanol–water partition coefficient (Wildman–Crippen LogP) is 3.73. The summed E-state index contributed by atoms with van der Waals surface area (Å²) in [7, 11) is 0. The number of carbonyl (C=O) groups is 3. The number of hydrogen-bond donors (Lipinski definition) is 3. The van der Waals surface area contributed by atoms with Gasteiger partial charge in [-0.2, -0.15) is 5.10 Å². The second-order valence-corrected chi connectivity index (χ2v) is 7.86. The van der Waals surface area contributed by atoms with Crippen molar-refractivity contribution < 1.29 is 19.1 Å². The van der Waals surface area contributed by atoms with E-state index in [2.05, 4.69) is 20.8 Å². The van der Waals surface area contributed by atoms with E-state index in [-0.39, 0.29) is 22.8 Å². The fourth-order valence-electron chi connectivity index (χ4n) is 2.65. The van der Waals surface area contributed by atoms with Crippen molar-refractivity contribution in [1.29, 1.82) is 0 Å². The predicted molar refractivity (Wildman–Crippen MR) is 110 cm³/mol. The van der Waals surface area contributed by atoms with Gasteiger partial charge in [-0.3, -0.25) is 14.7 Å². The molecule has 2 rings (SSSR count). The average molecular weight is 421 g/mol. The topological polar surface area (TPSA) is 113 Å². The lowest BCUT2D eigenvalue weighted by Gasteiger charge is -2.22. The van der Waals surface area contributed by atoms with E-state index in [1.807, 2.05) is 0 Å². The Labute approximate surface area is 174 Å². The lowest BCUT2D eigenvalue weighted by molar-refractivity contribution is -0.120. The van der Waals surface area contributed by atoms with Crippen LogP contribution in [-0.4, -0.2) is 39.6 Å². The third kappa shape index (κ3) is 6.60. The number of rotatable bonds is 7. The van der Waals surface area contributed by atoms with Crippen LogP contribution in [0.1, 0.15) is 50.0 Å². The molecule has 9 heteroatoms. The summed E-state index contributed by atoms with van der Waals surface area (Å²) in [6.45, 7) is 7.01. The van der Waals surface area contributed by atoms with Gasteiger partial charge in [-0.15, -0.1) is 0 Å². The summed E-state index contributed by atoms with van der Waals surface area (Å²) in [5.41, 5.74) is -0.00997. The van der Waals surface area contributed by atoms with Crippen LogP contribution in [0.5, 0.6) is 0 Å². The lowest BCUT2D eigenvalue weighted by Crippen LogP contribution is -2.43. The van der Waals surface area contributed by atoms with Crippen LogP contribution in [0.15, 0.2) is 30.5 Å². The van der Waals surface area contributed by atoms with Gasteiger partial charge in [0.1, 0.15) is 11.4 Å². The van der Waals surface area contributed by atoms with E-state index in [0.717, 1.165) is 0 Å². The van der Waals surface area contributed by atoms with Crippen molar-refractivity contribution in [3.05, 3.63) is 46.6 Å². The molecule has 0 bridgehead atoms. The van der Waals surface area contributed by atoms with E-state index < -0.39 is 23.6 Å². The number of alkyl carbamates (subject to hydrolysis) is 1. The molecule has 1 heterocycles. The molecular formula is C20H25ClN4O4. The van der Waals surface area contributed by atoms with Crippen molar-refractivity contribution in [3.8, 4) is 0 Å². The second-order valence-electron chi connectivity index (χ2n) is 7.45. The van der Waals surface area contributed by atoms with E-state index >= 15 is 0 Å². The van der Waals surface area contributed by atoms with Crippen LogP contribution in [0, 0.1) is 0 Å². The Balaban J connectivity index is 2.15. The van der Waals surface area contributed by atoms with E-state index in [0.29, 0.717) is 17.8 Å². The fourth-order valence-corrected chi connectivity index (χ4v) is 2.93. The molecule has 0 unspecified atom stereocenters. The van der Waals surface area contributed by atoms with Gasteiger partial charge in [-0.1, -0.05) is 30.7 Å². The highest BCUT2D eigenvalue weighted by Crippen LogP contribution is 2.22. The van der Waals surface area contributed by atoms with Gasteiger partial charge in [-0.25, -0.2) is 4.79 Å². The number of Topliss-reactive ketones (excluding diaryl/α,β-unsaturated/α-hetero) is 1. The number of H-pyrrole nitrogens is 1. The summed E-state index contributed by atoms with van der Waals surface area (Å²) in [4.78, 5) is 37.5. The number of benzene rings is 1. The van der Waals surface area contributed by atoms with Gasteiger partial charge >= 0.3 is 6.09 Å². The maximum atomic E-state index is 12.8. The number of halogens is 1. The molecule has 2 aromatic rings. The van der Waals surface area contributed by atoms with Crippen LogP contribution in [-0.2, 0) is 16.0 Å². The molecule has 2 amide bonds. The Morgan fingerprint density at radius 1 is 1.24 bits per heavy atom. The Bertz CT molecular complexity index is 875. The first-order valence-corrected chi connectivity index (χ1v) is 9.59. The van der Waals surface area contributed by atoms with Crippen LogP contribution in [0.25, 0.3) is 0 Å². The molecule has 3 N–H and O–H groups in total. The standard InChI is InChI=1S/C20H25ClN4O4/c1-5-14(23-19(28)29-20(2,3)4)15(26)11-12-7-6-8-13(21)17(12)18(27)24-16-9-10-22-25-16/h6-10,14H,5,11H2,1-4H3,(H,23,28)(H2,22,24,25,27)/t14-/m0/s1. The number of nitrogens with zero attached hydrogens (tertiary/aromatic N) is 1. The molecule has 0 radical (unpaired) electrons. The van der Waals surface area contributed by atoms with Crippen molar-refractivity contribution in [2.75, 3.05) is 5.32 Å². The number of carbonyl (C=O) groups excluding carboxylic acids is 3. The van der Waals surface area contributed by atoms with E-state index in [9.17, 15) is 14.4 Å². The van der Waals surface area contributed by atoms with Gasteiger partial charge in [0.15, 0.2) is 5.78 Å². The molecule has 0 aliphatic heterocycles. The molecular weight excluding hydrogens is 396 g/mol. The van der Waals surface area contributed by atoms with Crippen LogP contribution in [0.3, 0.4) is 0 Å². The van der Waals surface area contributed by atoms with Crippen LogP contribution in [0.2, 0.25) is 5.02 Å². The van der Waals surface area contributed by atoms with Crippen molar-refractivity contribution >= 4 is 35.2 Å². The zero-order valence-electron chi connectivity index (χ0n) is 16.8. The minimum absolute atomic E-state index is 0.0689. The molecule has 0 aliphatic carbocycles. The molecule has 1 aromatic carbocycles. The summed E-state index contributed by atoms with van der Waals surface area (Å²) in [5, 5.41) is 11.9. The monoisotopic (exact) mass is 420 g/mol. The van der Waals surface area contributed by atoms with Gasteiger partial charge in [-0.05, 0) is 38.8 Å². The Morgan fingerprint density at radius 3 is 2.55 bits per heavy atom. The van der Waals surface area contributed by atoms with Crippen molar-refractivity contribution in [2.45, 2.75) is 52.2 Å². The van der Waals surface area contributed by atoms with E-state index in [1.54, 1.807) is 52.0 Å². The molecule has 0 fully saturated rings. The van der Waals surface area contributed by atoms with Gasteiger partial charge in [0.2, 0.25) is 0 Å². The zero-order chi connectivity index (χ0) is 21.6. The van der Waals surface area contributed by atoms with Crippen LogP contribution < -0.4 is 10.6 Å². The number of aromatic nitrogens is 2. The molecule has 156 valence electrons. The molecule has 0 saturated carbocycles. The summed E-state index contributed by atoms with van der Waals surface area (Å²) in [5.74, 6) is -0.308. The molecule has 8 nitrogen and oxygen atoms in total. The van der Waals surface area contributed by atoms with E-state index in [4.69, 9.17) is 16.3 Å². The normalized spacial score (nSPS) is 12.2. The summed E-state index contributed by atoms with van der Waals surface area (Å²) in [6.07, 6.45) is 1.15. The number of anilines is 1. The molecule has 1 aromatic heterocycles. The van der Waals surface area contributed by atoms with Crippen LogP contribution in [0.4, 0.5) is 10.6 Å². The van der Waals surface area contributed by atoms with Gasteiger partial charge in [0.05, 0.1) is 22.8 Å². The first kappa shape index (κ1) is 22.4. The van der Waals surface area contributed by atoms with Crippen molar-refractivity contribution in [2.24, 2.45) is 0 Å². The van der Waals surface area contributed by atoms with Crippen molar-refractivity contribution in [3.63, 3.8) is 0 Å². The Kier molecular flexibility index (Phi) is 7.39. The number of ketones is 1. The minimum atomic E-state index is -0.743. The van der Waals surface area contributed by atoms with Gasteiger partial charge in [0, 0.05) is 12.5 Å². The van der Waals surface area contributed by atoms with Gasteiger partial charge < -0.3 is 15.4 Å². The first-order valence-electron chi connectivity index (χ1n) is 9.21. The summed E-state index contributed by atoms with van der Waals surface area (Å²) in [6, 6.07) is 5.75. The summed E-state index contributed by atoms with van der Waals surface area (Å²) >= 11 is 6.23.